The first-order valence-corrected chi connectivity index (χ1v) is 5.75. The molecule has 0 heterocycles. The van der Waals surface area contributed by atoms with Gasteiger partial charge in [0.15, 0.2) is 5.03 Å². The molecule has 0 aromatic rings. The predicted molar refractivity (Wildman–Crippen MR) is 62.3 cm³/mol. The molecule has 2 aliphatic carbocycles. The smallest absolute Gasteiger partial charge is 0.158 e. The average Bonchev–Trinajstić information content (AvgIpc) is 2.30. The molecule has 0 bridgehead atoms. The Balaban J connectivity index is 2.19. The number of hydrogen-bond donors (Lipinski definition) is 1. The van der Waals surface area contributed by atoms with Crippen LogP contribution < -0.4 is 5.43 Å². The fraction of sp³-hybridized carbons (Fsp3) is 0.500. The van der Waals surface area contributed by atoms with E-state index in [1.54, 1.807) is 0 Å². The molecule has 0 aromatic carbocycles. The van der Waals surface area contributed by atoms with Gasteiger partial charge in [-0.3, -0.25) is 0 Å². The molecule has 0 amide bonds. The molecule has 0 radical (unpaired) electrons. The Labute approximate surface area is 94.8 Å². The second-order valence-electron chi connectivity index (χ2n) is 4.23. The monoisotopic (exact) mass is 220 g/mol. The van der Waals surface area contributed by atoms with Gasteiger partial charge in [0.25, 0.3) is 0 Å². The number of allylic oxidation sites excluding steroid dienone is 3. The van der Waals surface area contributed by atoms with Gasteiger partial charge in [-0.1, -0.05) is 36.3 Å². The highest BCUT2D eigenvalue weighted by atomic mass is 16.7. The van der Waals surface area contributed by atoms with E-state index in [9.17, 15) is 10.1 Å². The van der Waals surface area contributed by atoms with Gasteiger partial charge in [0, 0.05) is 0 Å². The van der Waals surface area contributed by atoms with E-state index in [-0.39, 0.29) is 6.04 Å². The number of nitrogens with zero attached hydrogens (tertiary/aromatic N) is 1. The first-order valence-electron chi connectivity index (χ1n) is 5.75. The van der Waals surface area contributed by atoms with Crippen LogP contribution in [-0.2, 0) is 0 Å². The number of nitro groups is 1. The molecular formula is C12H16N2O2. The Hall–Kier alpha value is -1.58. The first-order chi connectivity index (χ1) is 7.77. The third kappa shape index (κ3) is 2.51. The lowest BCUT2D eigenvalue weighted by atomic mass is 9.87. The molecule has 16 heavy (non-hydrogen) atoms. The van der Waals surface area contributed by atoms with E-state index in [1.807, 2.05) is 24.3 Å². The van der Waals surface area contributed by atoms with Crippen LogP contribution in [0.5, 0.6) is 0 Å². The number of hydrazine groups is 1. The number of hydrogen-bond acceptors (Lipinski definition) is 2. The Morgan fingerprint density at radius 1 is 1.25 bits per heavy atom. The van der Waals surface area contributed by atoms with Crippen LogP contribution in [0.3, 0.4) is 0 Å². The molecule has 0 aromatic heterocycles. The number of rotatable bonds is 2. The summed E-state index contributed by atoms with van der Waals surface area (Å²) in [5, 5.41) is 10.0. The van der Waals surface area contributed by atoms with Crippen LogP contribution in [0.25, 0.3) is 0 Å². The standard InChI is InChI=1S/C12H16N2O2/c15-14(16)13-12-9-5-4-8-11(12)10-6-2-1-3-7-10/h4-5,8-9,12-13H,1-3,6-7H2. The van der Waals surface area contributed by atoms with Gasteiger partial charge in [-0.05, 0) is 31.3 Å². The fourth-order valence-corrected chi connectivity index (χ4v) is 2.37. The van der Waals surface area contributed by atoms with Crippen molar-refractivity contribution in [1.82, 2.24) is 5.43 Å². The lowest BCUT2D eigenvalue weighted by Gasteiger charge is -2.22. The molecule has 2 aliphatic rings. The van der Waals surface area contributed by atoms with Gasteiger partial charge in [-0.2, -0.15) is 0 Å². The van der Waals surface area contributed by atoms with Crippen molar-refractivity contribution in [3.8, 4) is 0 Å². The van der Waals surface area contributed by atoms with Crippen molar-refractivity contribution in [1.29, 1.82) is 0 Å². The van der Waals surface area contributed by atoms with Gasteiger partial charge < -0.3 is 0 Å². The van der Waals surface area contributed by atoms with E-state index in [2.05, 4.69) is 5.43 Å². The largest absolute Gasteiger partial charge is 0.235 e. The molecule has 0 saturated heterocycles. The molecule has 0 aliphatic heterocycles. The van der Waals surface area contributed by atoms with Crippen LogP contribution in [0.1, 0.15) is 32.1 Å². The van der Waals surface area contributed by atoms with E-state index >= 15 is 0 Å². The molecular weight excluding hydrogens is 204 g/mol. The zero-order valence-electron chi connectivity index (χ0n) is 9.19. The highest BCUT2D eigenvalue weighted by molar-refractivity contribution is 5.39. The Morgan fingerprint density at radius 3 is 2.69 bits per heavy atom. The van der Waals surface area contributed by atoms with Crippen LogP contribution >= 0.6 is 0 Å². The normalized spacial score (nSPS) is 24.6. The summed E-state index contributed by atoms with van der Waals surface area (Å²) < 4.78 is 0. The maximum Gasteiger partial charge on any atom is 0.158 e. The van der Waals surface area contributed by atoms with Crippen LogP contribution in [0.4, 0.5) is 0 Å². The summed E-state index contributed by atoms with van der Waals surface area (Å²) in [5.41, 5.74) is 4.83. The Bertz CT molecular complexity index is 361. The lowest BCUT2D eigenvalue weighted by Crippen LogP contribution is -2.35. The fourth-order valence-electron chi connectivity index (χ4n) is 2.37. The van der Waals surface area contributed by atoms with Crippen molar-refractivity contribution in [2.75, 3.05) is 0 Å². The summed E-state index contributed by atoms with van der Waals surface area (Å²) in [6, 6.07) is -0.256. The Kier molecular flexibility index (Phi) is 3.39. The molecule has 4 nitrogen and oxygen atoms in total. The molecule has 2 rings (SSSR count). The van der Waals surface area contributed by atoms with Crippen molar-refractivity contribution in [2.24, 2.45) is 0 Å². The topological polar surface area (TPSA) is 55.2 Å². The maximum atomic E-state index is 10.5. The SMILES string of the molecule is O=[N+]([O-])NC1C=CC=CC1=C1CCCCC1. The molecule has 0 spiro atoms. The summed E-state index contributed by atoms with van der Waals surface area (Å²) in [7, 11) is 0. The van der Waals surface area contributed by atoms with Crippen molar-refractivity contribution in [3.63, 3.8) is 0 Å². The molecule has 1 unspecified atom stereocenters. The van der Waals surface area contributed by atoms with Crippen molar-refractivity contribution < 1.29 is 5.03 Å². The molecule has 86 valence electrons. The van der Waals surface area contributed by atoms with Gasteiger partial charge in [0.05, 0.1) is 0 Å². The van der Waals surface area contributed by atoms with E-state index in [1.165, 1.54) is 24.8 Å². The molecule has 1 saturated carbocycles. The average molecular weight is 220 g/mol. The van der Waals surface area contributed by atoms with Gasteiger partial charge in [0.1, 0.15) is 6.04 Å². The maximum absolute atomic E-state index is 10.5. The van der Waals surface area contributed by atoms with E-state index < -0.39 is 5.03 Å². The summed E-state index contributed by atoms with van der Waals surface area (Å²) in [6.45, 7) is 0. The zero-order chi connectivity index (χ0) is 11.4. The molecule has 4 heteroatoms. The second kappa shape index (κ2) is 4.96. The first kappa shape index (κ1) is 10.9. The molecule has 1 N–H and O–H groups in total. The minimum absolute atomic E-state index is 0.256. The van der Waals surface area contributed by atoms with Crippen LogP contribution in [0.2, 0.25) is 0 Å². The quantitative estimate of drug-likeness (QED) is 0.574. The second-order valence-corrected chi connectivity index (χ2v) is 4.23. The van der Waals surface area contributed by atoms with Crippen molar-refractivity contribution in [2.45, 2.75) is 38.1 Å². The van der Waals surface area contributed by atoms with Crippen LogP contribution in [0, 0.1) is 10.1 Å². The van der Waals surface area contributed by atoms with Crippen LogP contribution in [0.15, 0.2) is 35.5 Å². The van der Waals surface area contributed by atoms with Crippen LogP contribution in [-0.4, -0.2) is 11.1 Å². The molecule has 1 fully saturated rings. The Morgan fingerprint density at radius 2 is 2.00 bits per heavy atom. The zero-order valence-corrected chi connectivity index (χ0v) is 9.19. The molecule has 1 atom stereocenters. The third-order valence-corrected chi connectivity index (χ3v) is 3.14. The van der Waals surface area contributed by atoms with Gasteiger partial charge >= 0.3 is 0 Å². The van der Waals surface area contributed by atoms with E-state index in [0.29, 0.717) is 0 Å². The minimum Gasteiger partial charge on any atom is -0.235 e. The summed E-state index contributed by atoms with van der Waals surface area (Å²) >= 11 is 0. The van der Waals surface area contributed by atoms with E-state index in [0.717, 1.165) is 18.4 Å². The highest BCUT2D eigenvalue weighted by Crippen LogP contribution is 2.29. The van der Waals surface area contributed by atoms with E-state index in [4.69, 9.17) is 0 Å². The third-order valence-electron chi connectivity index (χ3n) is 3.14. The van der Waals surface area contributed by atoms with Gasteiger partial charge in [0.2, 0.25) is 0 Å². The number of nitrogens with one attached hydrogen (secondary N) is 1. The summed E-state index contributed by atoms with van der Waals surface area (Å²) in [5.74, 6) is 0. The van der Waals surface area contributed by atoms with Crippen molar-refractivity contribution in [3.05, 3.63) is 45.6 Å². The minimum atomic E-state index is -0.461. The van der Waals surface area contributed by atoms with Gasteiger partial charge in [-0.15, -0.1) is 5.43 Å². The van der Waals surface area contributed by atoms with Crippen molar-refractivity contribution >= 4 is 0 Å². The predicted octanol–water partition coefficient (Wildman–Crippen LogP) is 2.52. The lowest BCUT2D eigenvalue weighted by molar-refractivity contribution is -0.547. The summed E-state index contributed by atoms with van der Waals surface area (Å²) in [6.07, 6.45) is 13.5. The van der Waals surface area contributed by atoms with Gasteiger partial charge in [-0.25, -0.2) is 10.1 Å². The highest BCUT2D eigenvalue weighted by Gasteiger charge is 2.20. The summed E-state index contributed by atoms with van der Waals surface area (Å²) in [4.78, 5) is 10.5.